The molecular weight excluding hydrogens is 244 g/mol. The first-order chi connectivity index (χ1) is 9.06. The van der Waals surface area contributed by atoms with Crippen LogP contribution in [0.5, 0.6) is 0 Å². The predicted octanol–water partition coefficient (Wildman–Crippen LogP) is -0.0940. The molecule has 0 aromatic carbocycles. The van der Waals surface area contributed by atoms with Gasteiger partial charge in [-0.25, -0.2) is 4.79 Å². The molecule has 2 fully saturated rings. The molecule has 2 saturated heterocycles. The van der Waals surface area contributed by atoms with Crippen molar-refractivity contribution >= 4 is 11.9 Å². The van der Waals surface area contributed by atoms with Crippen LogP contribution < -0.4 is 16.0 Å². The minimum Gasteiger partial charge on any atom is -0.338 e. The van der Waals surface area contributed by atoms with Gasteiger partial charge in [0, 0.05) is 19.6 Å². The summed E-state index contributed by atoms with van der Waals surface area (Å²) in [5, 5.41) is 8.36. The van der Waals surface area contributed by atoms with Crippen LogP contribution in [0, 0.1) is 5.41 Å². The summed E-state index contributed by atoms with van der Waals surface area (Å²) in [6, 6.07) is -0.654. The van der Waals surface area contributed by atoms with Gasteiger partial charge < -0.3 is 10.6 Å². The smallest absolute Gasteiger partial charge is 0.321 e. The van der Waals surface area contributed by atoms with E-state index in [2.05, 4.69) is 20.9 Å². The van der Waals surface area contributed by atoms with Gasteiger partial charge in [0.15, 0.2) is 0 Å². The van der Waals surface area contributed by atoms with Crippen LogP contribution in [-0.2, 0) is 4.79 Å². The van der Waals surface area contributed by atoms with Gasteiger partial charge in [0.2, 0.25) is 5.91 Å². The average molecular weight is 268 g/mol. The van der Waals surface area contributed by atoms with Gasteiger partial charge in [-0.1, -0.05) is 0 Å². The van der Waals surface area contributed by atoms with Crippen molar-refractivity contribution in [2.45, 2.75) is 32.7 Å². The third-order valence-electron chi connectivity index (χ3n) is 4.30. The van der Waals surface area contributed by atoms with Crippen molar-refractivity contribution in [1.82, 2.24) is 20.9 Å². The Morgan fingerprint density at radius 1 is 1.42 bits per heavy atom. The summed E-state index contributed by atoms with van der Waals surface area (Å²) in [5.74, 6) is -0.214. The highest BCUT2D eigenvalue weighted by atomic mass is 16.2. The van der Waals surface area contributed by atoms with Crippen molar-refractivity contribution in [2.24, 2.45) is 5.41 Å². The second-order valence-corrected chi connectivity index (χ2v) is 5.67. The zero-order chi connectivity index (χ0) is 13.9. The van der Waals surface area contributed by atoms with Crippen LogP contribution in [0.1, 0.15) is 26.7 Å². The number of rotatable bonds is 3. The maximum Gasteiger partial charge on any atom is 0.321 e. The third kappa shape index (κ3) is 3.25. The topological polar surface area (TPSA) is 73.5 Å². The maximum atomic E-state index is 12.0. The van der Waals surface area contributed by atoms with Crippen molar-refractivity contribution in [1.29, 1.82) is 0 Å². The third-order valence-corrected chi connectivity index (χ3v) is 4.30. The molecule has 0 aromatic heterocycles. The molecule has 0 aromatic rings. The largest absolute Gasteiger partial charge is 0.338 e. The first-order valence-electron chi connectivity index (χ1n) is 7.10. The lowest BCUT2D eigenvalue weighted by molar-refractivity contribution is -0.124. The van der Waals surface area contributed by atoms with E-state index < -0.39 is 6.03 Å². The van der Waals surface area contributed by atoms with E-state index in [1.54, 1.807) is 0 Å². The molecule has 0 radical (unpaired) electrons. The number of carbonyl (C=O) groups is 2. The molecular formula is C13H24N4O2. The molecule has 2 atom stereocenters. The fourth-order valence-electron chi connectivity index (χ4n) is 3.03. The summed E-state index contributed by atoms with van der Waals surface area (Å²) in [6.07, 6.45) is 2.33. The average Bonchev–Trinajstić information content (AvgIpc) is 2.99. The molecule has 19 heavy (non-hydrogen) atoms. The monoisotopic (exact) mass is 268 g/mol. The molecule has 2 rings (SSSR count). The van der Waals surface area contributed by atoms with E-state index in [9.17, 15) is 9.59 Å². The number of hydrogen-bond acceptors (Lipinski definition) is 4. The second-order valence-electron chi connectivity index (χ2n) is 5.67. The van der Waals surface area contributed by atoms with Crippen LogP contribution >= 0.6 is 0 Å². The number of imide groups is 1. The first-order valence-corrected chi connectivity index (χ1v) is 7.10. The quantitative estimate of drug-likeness (QED) is 0.668. The van der Waals surface area contributed by atoms with Crippen molar-refractivity contribution in [2.75, 3.05) is 32.7 Å². The Balaban J connectivity index is 1.84. The van der Waals surface area contributed by atoms with Crippen molar-refractivity contribution in [3.8, 4) is 0 Å². The molecule has 3 amide bonds. The van der Waals surface area contributed by atoms with E-state index in [1.807, 2.05) is 13.8 Å². The van der Waals surface area contributed by atoms with Crippen LogP contribution in [0.25, 0.3) is 0 Å². The summed E-state index contributed by atoms with van der Waals surface area (Å²) >= 11 is 0. The Morgan fingerprint density at radius 2 is 2.21 bits per heavy atom. The van der Waals surface area contributed by atoms with E-state index in [0.717, 1.165) is 32.6 Å². The lowest BCUT2D eigenvalue weighted by Crippen LogP contribution is -2.49. The summed E-state index contributed by atoms with van der Waals surface area (Å²) in [4.78, 5) is 25.5. The molecule has 2 aliphatic heterocycles. The zero-order valence-corrected chi connectivity index (χ0v) is 11.8. The highest BCUT2D eigenvalue weighted by Crippen LogP contribution is 2.36. The van der Waals surface area contributed by atoms with E-state index in [0.29, 0.717) is 12.0 Å². The van der Waals surface area contributed by atoms with Gasteiger partial charge in [0.1, 0.15) is 0 Å². The number of carbonyl (C=O) groups excluding carboxylic acids is 2. The molecule has 2 aliphatic rings. The minimum absolute atomic E-state index is 0.214. The molecule has 3 N–H and O–H groups in total. The van der Waals surface area contributed by atoms with Gasteiger partial charge in [-0.2, -0.15) is 0 Å². The fourth-order valence-corrected chi connectivity index (χ4v) is 3.03. The minimum atomic E-state index is -0.407. The van der Waals surface area contributed by atoms with Gasteiger partial charge >= 0.3 is 6.03 Å². The highest BCUT2D eigenvalue weighted by Gasteiger charge is 2.42. The molecule has 6 nitrogen and oxygen atoms in total. The molecule has 2 heterocycles. The van der Waals surface area contributed by atoms with Gasteiger partial charge in [0.05, 0.1) is 6.04 Å². The molecule has 108 valence electrons. The van der Waals surface area contributed by atoms with Crippen molar-refractivity contribution < 1.29 is 9.59 Å². The van der Waals surface area contributed by atoms with E-state index in [4.69, 9.17) is 0 Å². The molecule has 0 bridgehead atoms. The normalized spacial score (nSPS) is 28.5. The molecule has 1 spiro atoms. The van der Waals surface area contributed by atoms with Crippen LogP contribution in [-0.4, -0.2) is 55.6 Å². The Hall–Kier alpha value is -1.14. The number of nitrogens with zero attached hydrogens (tertiary/aromatic N) is 1. The summed E-state index contributed by atoms with van der Waals surface area (Å²) in [5.41, 5.74) is 0.347. The second kappa shape index (κ2) is 5.88. The van der Waals surface area contributed by atoms with Crippen molar-refractivity contribution in [3.63, 3.8) is 0 Å². The number of urea groups is 1. The molecule has 6 heteroatoms. The highest BCUT2D eigenvalue weighted by molar-refractivity contribution is 5.96. The standard InChI is InChI=1S/C13H24N4O2/c1-3-15-12(19)16-11(18)10(2)17-7-5-13(9-17)4-6-14-8-13/h10,14H,3-9H2,1-2H3,(H2,15,16,18,19). The Labute approximate surface area is 114 Å². The van der Waals surface area contributed by atoms with Crippen molar-refractivity contribution in [3.05, 3.63) is 0 Å². The van der Waals surface area contributed by atoms with Gasteiger partial charge in [-0.3, -0.25) is 15.0 Å². The number of amides is 3. The zero-order valence-electron chi connectivity index (χ0n) is 11.8. The number of likely N-dealkylation sites (tertiary alicyclic amines) is 1. The van der Waals surface area contributed by atoms with Gasteiger partial charge in [0.25, 0.3) is 0 Å². The lowest BCUT2D eigenvalue weighted by atomic mass is 9.86. The fraction of sp³-hybridized carbons (Fsp3) is 0.846. The molecule has 0 aliphatic carbocycles. The first kappa shape index (κ1) is 14.3. The summed E-state index contributed by atoms with van der Waals surface area (Å²) in [6.45, 7) is 8.23. The maximum absolute atomic E-state index is 12.0. The number of nitrogens with one attached hydrogen (secondary N) is 3. The van der Waals surface area contributed by atoms with E-state index >= 15 is 0 Å². The van der Waals surface area contributed by atoms with Crippen LogP contribution in [0.4, 0.5) is 4.79 Å². The predicted molar refractivity (Wildman–Crippen MR) is 72.8 cm³/mol. The Kier molecular flexibility index (Phi) is 4.42. The molecule has 2 unspecified atom stereocenters. The van der Waals surface area contributed by atoms with E-state index in [-0.39, 0.29) is 11.9 Å². The van der Waals surface area contributed by atoms with Gasteiger partial charge in [-0.05, 0) is 45.2 Å². The van der Waals surface area contributed by atoms with E-state index in [1.165, 1.54) is 6.42 Å². The lowest BCUT2D eigenvalue weighted by Gasteiger charge is -2.26. The Bertz CT molecular complexity index is 353. The summed E-state index contributed by atoms with van der Waals surface area (Å²) in [7, 11) is 0. The SMILES string of the molecule is CCNC(=O)NC(=O)C(C)N1CCC2(CCNC2)C1. The Morgan fingerprint density at radius 3 is 2.84 bits per heavy atom. The molecule has 0 saturated carbocycles. The summed E-state index contributed by atoms with van der Waals surface area (Å²) < 4.78 is 0. The van der Waals surface area contributed by atoms with Crippen LogP contribution in [0.3, 0.4) is 0 Å². The van der Waals surface area contributed by atoms with Crippen LogP contribution in [0.2, 0.25) is 0 Å². The number of hydrogen-bond donors (Lipinski definition) is 3. The van der Waals surface area contributed by atoms with Crippen LogP contribution in [0.15, 0.2) is 0 Å². The van der Waals surface area contributed by atoms with Gasteiger partial charge in [-0.15, -0.1) is 0 Å².